The van der Waals surface area contributed by atoms with Crippen molar-refractivity contribution in [2.24, 2.45) is 0 Å². The molecule has 0 atom stereocenters. The average Bonchev–Trinajstić information content (AvgIpc) is 2.26. The number of carbonyl (C=O) groups excluding carboxylic acids is 1. The molecule has 0 aromatic heterocycles. The summed E-state index contributed by atoms with van der Waals surface area (Å²) in [6.07, 6.45) is 4.47. The summed E-state index contributed by atoms with van der Waals surface area (Å²) in [5.41, 5.74) is 0. The molecule has 0 radical (unpaired) electrons. The highest BCUT2D eigenvalue weighted by Gasteiger charge is 2.21. The first-order chi connectivity index (χ1) is 7.61. The van der Waals surface area contributed by atoms with E-state index in [2.05, 4.69) is 5.32 Å². The molecule has 16 heavy (non-hydrogen) atoms. The van der Waals surface area contributed by atoms with Crippen LogP contribution < -0.4 is 5.32 Å². The molecule has 94 valence electrons. The Morgan fingerprint density at radius 2 is 1.94 bits per heavy atom. The molecular weight excluding hydrogens is 206 g/mol. The first-order valence-electron chi connectivity index (χ1n) is 6.10. The summed E-state index contributed by atoms with van der Waals surface area (Å²) in [6.45, 7) is 3.78. The zero-order valence-electron chi connectivity index (χ0n) is 10.5. The van der Waals surface area contributed by atoms with E-state index in [0.29, 0.717) is 6.04 Å². The van der Waals surface area contributed by atoms with Gasteiger partial charge in [-0.1, -0.05) is 0 Å². The van der Waals surface area contributed by atoms with Gasteiger partial charge in [0, 0.05) is 6.04 Å². The molecule has 0 bridgehead atoms. The van der Waals surface area contributed by atoms with Gasteiger partial charge in [-0.2, -0.15) is 0 Å². The van der Waals surface area contributed by atoms with Crippen molar-refractivity contribution in [3.05, 3.63) is 0 Å². The summed E-state index contributed by atoms with van der Waals surface area (Å²) >= 11 is 0. The molecule has 0 aromatic carbocycles. The Bertz CT molecular complexity index is 210. The second-order valence-electron chi connectivity index (χ2n) is 4.61. The number of esters is 1. The Balaban J connectivity index is 2.12. The van der Waals surface area contributed by atoms with Crippen LogP contribution in [0.3, 0.4) is 0 Å². The molecule has 0 aliphatic heterocycles. The van der Waals surface area contributed by atoms with Crippen LogP contribution in [0.5, 0.6) is 0 Å². The number of hydrogen-bond acceptors (Lipinski definition) is 4. The second kappa shape index (κ2) is 6.86. The van der Waals surface area contributed by atoms with Crippen LogP contribution in [0.2, 0.25) is 0 Å². The van der Waals surface area contributed by atoms with Crippen molar-refractivity contribution in [1.82, 2.24) is 5.32 Å². The fourth-order valence-corrected chi connectivity index (χ4v) is 2.00. The van der Waals surface area contributed by atoms with E-state index < -0.39 is 0 Å². The molecule has 0 saturated heterocycles. The molecule has 0 spiro atoms. The molecule has 0 unspecified atom stereocenters. The van der Waals surface area contributed by atoms with Crippen molar-refractivity contribution in [1.29, 1.82) is 0 Å². The van der Waals surface area contributed by atoms with Gasteiger partial charge >= 0.3 is 5.97 Å². The van der Waals surface area contributed by atoms with Crippen molar-refractivity contribution in [3.8, 4) is 0 Å². The van der Waals surface area contributed by atoms with Crippen molar-refractivity contribution < 1.29 is 14.3 Å². The smallest absolute Gasteiger partial charge is 0.332 e. The summed E-state index contributed by atoms with van der Waals surface area (Å²) < 4.78 is 10.5. The highest BCUT2D eigenvalue weighted by atomic mass is 16.6. The van der Waals surface area contributed by atoms with Gasteiger partial charge in [-0.05, 0) is 46.6 Å². The lowest BCUT2D eigenvalue weighted by atomic mass is 9.93. The first-order valence-corrected chi connectivity index (χ1v) is 6.10. The third-order valence-electron chi connectivity index (χ3n) is 2.89. The van der Waals surface area contributed by atoms with Gasteiger partial charge < -0.3 is 14.8 Å². The summed E-state index contributed by atoms with van der Waals surface area (Å²) in [5.74, 6) is -0.259. The van der Waals surface area contributed by atoms with Gasteiger partial charge in [-0.25, -0.2) is 4.79 Å². The molecule has 0 heterocycles. The number of ether oxygens (including phenoxy) is 2. The monoisotopic (exact) mass is 229 g/mol. The van der Waals surface area contributed by atoms with Crippen LogP contribution in [0, 0.1) is 0 Å². The van der Waals surface area contributed by atoms with Crippen LogP contribution in [0.15, 0.2) is 0 Å². The Kier molecular flexibility index (Phi) is 5.77. The molecule has 1 fully saturated rings. The van der Waals surface area contributed by atoms with Crippen molar-refractivity contribution in [2.75, 3.05) is 13.7 Å². The molecule has 1 rings (SSSR count). The van der Waals surface area contributed by atoms with E-state index >= 15 is 0 Å². The van der Waals surface area contributed by atoms with Crippen LogP contribution in [-0.2, 0) is 14.3 Å². The number of rotatable bonds is 5. The minimum absolute atomic E-state index is 0.0591. The minimum Gasteiger partial charge on any atom is -0.461 e. The predicted octanol–water partition coefficient (Wildman–Crippen LogP) is 1.49. The second-order valence-corrected chi connectivity index (χ2v) is 4.61. The van der Waals surface area contributed by atoms with Gasteiger partial charge in [0.15, 0.2) is 0 Å². The van der Waals surface area contributed by atoms with E-state index in [1.54, 1.807) is 0 Å². The van der Waals surface area contributed by atoms with Gasteiger partial charge in [-0.3, -0.25) is 0 Å². The summed E-state index contributed by atoms with van der Waals surface area (Å²) in [7, 11) is 1.99. The van der Waals surface area contributed by atoms with Gasteiger partial charge in [0.1, 0.15) is 6.61 Å². The maximum Gasteiger partial charge on any atom is 0.332 e. The Morgan fingerprint density at radius 1 is 1.31 bits per heavy atom. The van der Waals surface area contributed by atoms with E-state index in [1.165, 1.54) is 0 Å². The van der Waals surface area contributed by atoms with Crippen molar-refractivity contribution >= 4 is 5.97 Å². The predicted molar refractivity (Wildman–Crippen MR) is 62.3 cm³/mol. The highest BCUT2D eigenvalue weighted by molar-refractivity contribution is 5.70. The topological polar surface area (TPSA) is 47.6 Å². The fourth-order valence-electron chi connectivity index (χ4n) is 2.00. The lowest BCUT2D eigenvalue weighted by Gasteiger charge is -2.28. The Morgan fingerprint density at radius 3 is 2.44 bits per heavy atom. The molecule has 4 nitrogen and oxygen atoms in total. The lowest BCUT2D eigenvalue weighted by molar-refractivity contribution is -0.155. The van der Waals surface area contributed by atoms with Crippen LogP contribution in [0.25, 0.3) is 0 Å². The minimum atomic E-state index is -0.259. The van der Waals surface area contributed by atoms with Crippen molar-refractivity contribution in [3.63, 3.8) is 0 Å². The van der Waals surface area contributed by atoms with E-state index in [4.69, 9.17) is 9.47 Å². The molecule has 4 heteroatoms. The van der Waals surface area contributed by atoms with Crippen molar-refractivity contribution in [2.45, 2.75) is 57.8 Å². The molecular formula is C12H23NO3. The maximum atomic E-state index is 11.3. The third-order valence-corrected chi connectivity index (χ3v) is 2.89. The fraction of sp³-hybridized carbons (Fsp3) is 0.917. The molecule has 0 amide bonds. The van der Waals surface area contributed by atoms with Crippen LogP contribution in [0.1, 0.15) is 39.5 Å². The largest absolute Gasteiger partial charge is 0.461 e. The number of hydrogen-bond donors (Lipinski definition) is 1. The number of carbonyl (C=O) groups is 1. The first kappa shape index (κ1) is 13.5. The normalized spacial score (nSPS) is 25.8. The van der Waals surface area contributed by atoms with Gasteiger partial charge in [-0.15, -0.1) is 0 Å². The SMILES string of the molecule is CNC1CCC(OCC(=O)OC(C)C)CC1. The summed E-state index contributed by atoms with van der Waals surface area (Å²) in [4.78, 5) is 11.3. The highest BCUT2D eigenvalue weighted by Crippen LogP contribution is 2.20. The summed E-state index contributed by atoms with van der Waals surface area (Å²) in [5, 5.41) is 3.27. The maximum absolute atomic E-state index is 11.3. The quantitative estimate of drug-likeness (QED) is 0.725. The van der Waals surface area contributed by atoms with Gasteiger partial charge in [0.25, 0.3) is 0 Å². The standard InChI is InChI=1S/C12H23NO3/c1-9(2)16-12(14)8-15-11-6-4-10(13-3)5-7-11/h9-11,13H,4-8H2,1-3H3. The van der Waals surface area contributed by atoms with Crippen LogP contribution in [-0.4, -0.2) is 37.9 Å². The summed E-state index contributed by atoms with van der Waals surface area (Å²) in [6, 6.07) is 0.613. The van der Waals surface area contributed by atoms with E-state index in [9.17, 15) is 4.79 Å². The zero-order valence-corrected chi connectivity index (χ0v) is 10.5. The van der Waals surface area contributed by atoms with Crippen LogP contribution >= 0.6 is 0 Å². The van der Waals surface area contributed by atoms with Gasteiger partial charge in [0.2, 0.25) is 0 Å². The van der Waals surface area contributed by atoms with E-state index in [1.807, 2.05) is 20.9 Å². The number of nitrogens with one attached hydrogen (secondary N) is 1. The zero-order chi connectivity index (χ0) is 12.0. The molecule has 1 aliphatic carbocycles. The molecule has 1 aliphatic rings. The lowest BCUT2D eigenvalue weighted by Crippen LogP contribution is -2.34. The Hall–Kier alpha value is -0.610. The molecule has 0 aromatic rings. The molecule has 1 N–H and O–H groups in total. The average molecular weight is 229 g/mol. The van der Waals surface area contributed by atoms with Gasteiger partial charge in [0.05, 0.1) is 12.2 Å². The van der Waals surface area contributed by atoms with E-state index in [-0.39, 0.29) is 24.8 Å². The van der Waals surface area contributed by atoms with E-state index in [0.717, 1.165) is 25.7 Å². The third kappa shape index (κ3) is 4.94. The molecule has 1 saturated carbocycles. The Labute approximate surface area is 97.7 Å². The van der Waals surface area contributed by atoms with Crippen LogP contribution in [0.4, 0.5) is 0 Å².